The van der Waals surface area contributed by atoms with Crippen LogP contribution in [0, 0.1) is 5.92 Å². The summed E-state index contributed by atoms with van der Waals surface area (Å²) in [6.45, 7) is 1.22. The molecule has 1 aliphatic rings. The zero-order valence-electron chi connectivity index (χ0n) is 15.2. The van der Waals surface area contributed by atoms with Gasteiger partial charge in [-0.1, -0.05) is 30.3 Å². The zero-order valence-corrected chi connectivity index (χ0v) is 15.2. The topological polar surface area (TPSA) is 68.9 Å². The summed E-state index contributed by atoms with van der Waals surface area (Å²) < 4.78 is 46.4. The Hall–Kier alpha value is -2.74. The quantitative estimate of drug-likeness (QED) is 0.581. The summed E-state index contributed by atoms with van der Waals surface area (Å²) in [5.74, 6) is 0.111. The Balaban J connectivity index is 1.58. The largest absolute Gasteiger partial charge is 0.573 e. The van der Waals surface area contributed by atoms with Crippen molar-refractivity contribution in [1.29, 1.82) is 0 Å². The minimum atomic E-state index is -4.72. The van der Waals surface area contributed by atoms with Gasteiger partial charge in [0.1, 0.15) is 5.75 Å². The minimum Gasteiger partial charge on any atom is -0.406 e. The summed E-state index contributed by atoms with van der Waals surface area (Å²) in [5.41, 5.74) is 7.58. The van der Waals surface area contributed by atoms with E-state index in [0.717, 1.165) is 25.0 Å². The molecule has 5 nitrogen and oxygen atoms in total. The summed E-state index contributed by atoms with van der Waals surface area (Å²) in [6.07, 6.45) is -2.78. The van der Waals surface area contributed by atoms with Gasteiger partial charge in [-0.15, -0.1) is 13.2 Å². The summed E-state index contributed by atoms with van der Waals surface area (Å²) >= 11 is 0. The van der Waals surface area contributed by atoms with Gasteiger partial charge < -0.3 is 20.5 Å². The first-order chi connectivity index (χ1) is 13.4. The summed E-state index contributed by atoms with van der Waals surface area (Å²) in [5, 5.41) is 2.88. The highest BCUT2D eigenvalue weighted by atomic mass is 19.4. The fraction of sp³-hybridized carbons (Fsp3) is 0.350. The number of guanidine groups is 1. The first-order valence-electron chi connectivity index (χ1n) is 9.00. The first kappa shape index (κ1) is 20.0. The third kappa shape index (κ3) is 5.88. The van der Waals surface area contributed by atoms with Crippen molar-refractivity contribution in [1.82, 2.24) is 0 Å². The van der Waals surface area contributed by atoms with Crippen LogP contribution in [0.25, 0.3) is 0 Å². The Labute approximate surface area is 161 Å². The molecule has 0 aliphatic carbocycles. The van der Waals surface area contributed by atoms with Crippen LogP contribution in [0.2, 0.25) is 0 Å². The molecule has 0 amide bonds. The van der Waals surface area contributed by atoms with Gasteiger partial charge in [0.05, 0.1) is 6.10 Å². The Morgan fingerprint density at radius 2 is 1.86 bits per heavy atom. The van der Waals surface area contributed by atoms with Gasteiger partial charge in [-0.3, -0.25) is 4.99 Å². The highest BCUT2D eigenvalue weighted by Gasteiger charge is 2.31. The van der Waals surface area contributed by atoms with Gasteiger partial charge in [-0.2, -0.15) is 0 Å². The maximum Gasteiger partial charge on any atom is 0.573 e. The lowest BCUT2D eigenvalue weighted by molar-refractivity contribution is -0.274. The van der Waals surface area contributed by atoms with Crippen molar-refractivity contribution >= 4 is 11.6 Å². The number of anilines is 1. The molecule has 1 heterocycles. The van der Waals surface area contributed by atoms with Gasteiger partial charge in [0, 0.05) is 24.8 Å². The van der Waals surface area contributed by atoms with E-state index in [1.165, 1.54) is 24.3 Å². The van der Waals surface area contributed by atoms with E-state index in [9.17, 15) is 13.2 Å². The monoisotopic (exact) mass is 393 g/mol. The second kappa shape index (κ2) is 8.97. The molecule has 1 aliphatic heterocycles. The fourth-order valence-corrected chi connectivity index (χ4v) is 3.18. The van der Waals surface area contributed by atoms with Crippen LogP contribution in [0.3, 0.4) is 0 Å². The number of ether oxygens (including phenoxy) is 2. The second-order valence-corrected chi connectivity index (χ2v) is 6.53. The molecule has 8 heteroatoms. The molecule has 28 heavy (non-hydrogen) atoms. The molecule has 0 aromatic heterocycles. The second-order valence-electron chi connectivity index (χ2n) is 6.53. The number of nitrogens with one attached hydrogen (secondary N) is 1. The van der Waals surface area contributed by atoms with Crippen molar-refractivity contribution in [3.63, 3.8) is 0 Å². The Bertz CT molecular complexity index is 780. The lowest BCUT2D eigenvalue weighted by atomic mass is 9.89. The van der Waals surface area contributed by atoms with E-state index >= 15 is 0 Å². The summed E-state index contributed by atoms with van der Waals surface area (Å²) in [6, 6.07) is 15.3. The molecule has 0 radical (unpaired) electrons. The number of hydrogen-bond acceptors (Lipinski definition) is 3. The number of halogens is 3. The molecular weight excluding hydrogens is 371 g/mol. The van der Waals surface area contributed by atoms with Crippen molar-refractivity contribution in [3.05, 3.63) is 60.2 Å². The molecule has 3 rings (SSSR count). The van der Waals surface area contributed by atoms with Crippen molar-refractivity contribution in [3.8, 4) is 5.75 Å². The molecular formula is C20H22F3N3O2. The number of hydrogen-bond donors (Lipinski definition) is 2. The van der Waals surface area contributed by atoms with E-state index in [1.54, 1.807) is 0 Å². The van der Waals surface area contributed by atoms with Crippen LogP contribution in [0.15, 0.2) is 59.6 Å². The van der Waals surface area contributed by atoms with Crippen LogP contribution in [-0.2, 0) is 4.74 Å². The van der Waals surface area contributed by atoms with Crippen molar-refractivity contribution < 1.29 is 22.6 Å². The third-order valence-electron chi connectivity index (χ3n) is 4.43. The normalized spacial score (nSPS) is 20.6. The molecule has 2 aromatic rings. The van der Waals surface area contributed by atoms with E-state index in [0.29, 0.717) is 12.2 Å². The number of alkyl halides is 3. The summed E-state index contributed by atoms with van der Waals surface area (Å²) in [4.78, 5) is 4.39. The van der Waals surface area contributed by atoms with Gasteiger partial charge in [0.2, 0.25) is 0 Å². The minimum absolute atomic E-state index is 0.0229. The van der Waals surface area contributed by atoms with Gasteiger partial charge >= 0.3 is 6.36 Å². The average Bonchev–Trinajstić information content (AvgIpc) is 2.68. The lowest BCUT2D eigenvalue weighted by Gasteiger charge is -2.31. The van der Waals surface area contributed by atoms with Crippen molar-refractivity contribution in [2.75, 3.05) is 18.5 Å². The molecule has 1 saturated heterocycles. The van der Waals surface area contributed by atoms with E-state index in [1.807, 2.05) is 30.3 Å². The third-order valence-corrected chi connectivity index (χ3v) is 4.43. The lowest BCUT2D eigenvalue weighted by Crippen LogP contribution is -2.28. The first-order valence-corrected chi connectivity index (χ1v) is 9.00. The molecule has 0 saturated carbocycles. The number of nitrogens with zero attached hydrogens (tertiary/aromatic N) is 1. The van der Waals surface area contributed by atoms with E-state index < -0.39 is 6.36 Å². The fourth-order valence-electron chi connectivity index (χ4n) is 3.18. The van der Waals surface area contributed by atoms with E-state index in [-0.39, 0.29) is 23.7 Å². The molecule has 0 bridgehead atoms. The maximum absolute atomic E-state index is 12.2. The van der Waals surface area contributed by atoms with Crippen LogP contribution < -0.4 is 15.8 Å². The molecule has 2 aromatic carbocycles. The SMILES string of the molecule is NC(=NCC1CCCOC1c1ccccc1)Nc1ccc(OC(F)(F)F)cc1. The van der Waals surface area contributed by atoms with Gasteiger partial charge in [-0.25, -0.2) is 0 Å². The van der Waals surface area contributed by atoms with Crippen LogP contribution in [-0.4, -0.2) is 25.5 Å². The standard InChI is InChI=1S/C20H22F3N3O2/c21-20(22,23)28-17-10-8-16(9-11-17)26-19(24)25-13-15-7-4-12-27-18(15)14-5-2-1-3-6-14/h1-3,5-6,8-11,15,18H,4,7,12-13H2,(H3,24,25,26). The number of benzene rings is 2. The van der Waals surface area contributed by atoms with Gasteiger partial charge in [0.15, 0.2) is 5.96 Å². The van der Waals surface area contributed by atoms with Crippen LogP contribution in [0.5, 0.6) is 5.75 Å². The molecule has 3 N–H and O–H groups in total. The average molecular weight is 393 g/mol. The molecule has 1 fully saturated rings. The predicted octanol–water partition coefficient (Wildman–Crippen LogP) is 4.48. The molecule has 150 valence electrons. The summed E-state index contributed by atoms with van der Waals surface area (Å²) in [7, 11) is 0. The van der Waals surface area contributed by atoms with Gasteiger partial charge in [-0.05, 0) is 42.7 Å². The van der Waals surface area contributed by atoms with Crippen molar-refractivity contribution in [2.24, 2.45) is 16.6 Å². The molecule has 2 atom stereocenters. The Kier molecular flexibility index (Phi) is 6.41. The molecule has 2 unspecified atom stereocenters. The highest BCUT2D eigenvalue weighted by Crippen LogP contribution is 2.33. The van der Waals surface area contributed by atoms with Crippen LogP contribution >= 0.6 is 0 Å². The Morgan fingerprint density at radius 1 is 1.14 bits per heavy atom. The molecule has 0 spiro atoms. The van der Waals surface area contributed by atoms with E-state index in [4.69, 9.17) is 10.5 Å². The predicted molar refractivity (Wildman–Crippen MR) is 101 cm³/mol. The maximum atomic E-state index is 12.2. The highest BCUT2D eigenvalue weighted by molar-refractivity contribution is 5.92. The number of aliphatic imine (C=N–C) groups is 1. The number of nitrogens with two attached hydrogens (primary N) is 1. The Morgan fingerprint density at radius 3 is 2.54 bits per heavy atom. The van der Waals surface area contributed by atoms with Gasteiger partial charge in [0.25, 0.3) is 0 Å². The zero-order chi connectivity index (χ0) is 20.0. The van der Waals surface area contributed by atoms with Crippen LogP contribution in [0.1, 0.15) is 24.5 Å². The van der Waals surface area contributed by atoms with E-state index in [2.05, 4.69) is 15.0 Å². The smallest absolute Gasteiger partial charge is 0.406 e. The van der Waals surface area contributed by atoms with Crippen molar-refractivity contribution in [2.45, 2.75) is 25.3 Å². The van der Waals surface area contributed by atoms with Crippen LogP contribution in [0.4, 0.5) is 18.9 Å². The number of rotatable bonds is 5.